The number of amides is 2. The van der Waals surface area contributed by atoms with Gasteiger partial charge in [-0.05, 0) is 29.6 Å². The zero-order valence-corrected chi connectivity index (χ0v) is 13.2. The van der Waals surface area contributed by atoms with Crippen molar-refractivity contribution in [2.75, 3.05) is 10.6 Å². The molecular weight excluding hydrogens is 324 g/mol. The smallest absolute Gasteiger partial charge is 0.308 e. The molecule has 3 heterocycles. The molecular formula is C16H12N6OS. The molecule has 3 aromatic heterocycles. The van der Waals surface area contributed by atoms with Gasteiger partial charge in [0.25, 0.3) is 11.7 Å². The Balaban J connectivity index is 1.53. The van der Waals surface area contributed by atoms with Crippen LogP contribution in [-0.2, 0) is 0 Å². The van der Waals surface area contributed by atoms with Crippen LogP contribution in [0.1, 0.15) is 0 Å². The molecule has 0 aliphatic rings. The van der Waals surface area contributed by atoms with Crippen LogP contribution in [0.25, 0.3) is 16.3 Å². The summed E-state index contributed by atoms with van der Waals surface area (Å²) >= 11 is 1.60. The molecule has 24 heavy (non-hydrogen) atoms. The van der Waals surface area contributed by atoms with E-state index in [1.54, 1.807) is 29.7 Å². The number of benzene rings is 1. The van der Waals surface area contributed by atoms with Crippen LogP contribution in [0.2, 0.25) is 0 Å². The van der Waals surface area contributed by atoms with Gasteiger partial charge < -0.3 is 5.32 Å². The van der Waals surface area contributed by atoms with E-state index >= 15 is 0 Å². The summed E-state index contributed by atoms with van der Waals surface area (Å²) in [4.78, 5) is 21.7. The van der Waals surface area contributed by atoms with E-state index in [0.717, 1.165) is 10.6 Å². The van der Waals surface area contributed by atoms with Crippen LogP contribution in [0.5, 0.6) is 0 Å². The van der Waals surface area contributed by atoms with E-state index in [4.69, 9.17) is 0 Å². The lowest BCUT2D eigenvalue weighted by Crippen LogP contribution is -2.20. The third-order valence-electron chi connectivity index (χ3n) is 3.24. The Labute approximate surface area is 141 Å². The van der Waals surface area contributed by atoms with Gasteiger partial charge in [0.1, 0.15) is 0 Å². The first kappa shape index (κ1) is 14.3. The predicted octanol–water partition coefficient (Wildman–Crippen LogP) is 3.50. The van der Waals surface area contributed by atoms with Crippen molar-refractivity contribution in [2.24, 2.45) is 0 Å². The van der Waals surface area contributed by atoms with Gasteiger partial charge in [0.05, 0.1) is 10.6 Å². The molecule has 0 atom stereocenters. The van der Waals surface area contributed by atoms with Crippen molar-refractivity contribution in [1.29, 1.82) is 0 Å². The van der Waals surface area contributed by atoms with Crippen molar-refractivity contribution in [3.05, 3.63) is 60.1 Å². The van der Waals surface area contributed by atoms with Crippen molar-refractivity contribution < 1.29 is 4.79 Å². The maximum Gasteiger partial charge on any atom is 0.326 e. The lowest BCUT2D eigenvalue weighted by Gasteiger charge is -2.03. The number of carbonyl (C=O) groups excluding carboxylic acids is 1. The van der Waals surface area contributed by atoms with Gasteiger partial charge in [-0.15, -0.1) is 16.4 Å². The number of carbonyl (C=O) groups is 1. The van der Waals surface area contributed by atoms with Crippen molar-refractivity contribution in [2.45, 2.75) is 0 Å². The van der Waals surface area contributed by atoms with Gasteiger partial charge in [0.15, 0.2) is 0 Å². The first-order valence-electron chi connectivity index (χ1n) is 7.18. The van der Waals surface area contributed by atoms with Gasteiger partial charge in [0, 0.05) is 11.9 Å². The number of anilines is 2. The minimum atomic E-state index is -0.407. The van der Waals surface area contributed by atoms with E-state index in [0.29, 0.717) is 11.5 Å². The van der Waals surface area contributed by atoms with Crippen LogP contribution in [-0.4, -0.2) is 25.6 Å². The van der Waals surface area contributed by atoms with Gasteiger partial charge in [0.2, 0.25) is 0 Å². The maximum atomic E-state index is 12.0. The SMILES string of the molecule is O=C(Nc1ccccc1)Nc1nc2nc(-c3cccs3)ccn2n1. The number of rotatable bonds is 3. The molecule has 0 unspecified atom stereocenters. The number of fused-ring (bicyclic) bond motifs is 1. The fourth-order valence-electron chi connectivity index (χ4n) is 2.18. The zero-order chi connectivity index (χ0) is 16.4. The fraction of sp³-hybridized carbons (Fsp3) is 0. The Bertz CT molecular complexity index is 980. The second-order valence-corrected chi connectivity index (χ2v) is 5.86. The highest BCUT2D eigenvalue weighted by atomic mass is 32.1. The van der Waals surface area contributed by atoms with Gasteiger partial charge in [-0.1, -0.05) is 24.3 Å². The van der Waals surface area contributed by atoms with E-state index in [1.165, 1.54) is 4.52 Å². The van der Waals surface area contributed by atoms with Gasteiger partial charge >= 0.3 is 6.03 Å². The van der Waals surface area contributed by atoms with Crippen molar-refractivity contribution in [3.8, 4) is 10.6 Å². The number of hydrogen-bond acceptors (Lipinski definition) is 5. The lowest BCUT2D eigenvalue weighted by molar-refractivity contribution is 0.262. The maximum absolute atomic E-state index is 12.0. The number of thiophene rings is 1. The van der Waals surface area contributed by atoms with Gasteiger partial charge in [-0.3, -0.25) is 5.32 Å². The molecule has 0 radical (unpaired) electrons. The van der Waals surface area contributed by atoms with E-state index in [1.807, 2.05) is 41.8 Å². The summed E-state index contributed by atoms with van der Waals surface area (Å²) in [6.45, 7) is 0. The van der Waals surface area contributed by atoms with Crippen LogP contribution in [0.4, 0.5) is 16.4 Å². The standard InChI is InChI=1S/C16H12N6OS/c23-16(17-11-5-2-1-3-6-11)20-14-19-15-18-12(8-9-22(15)21-14)13-7-4-10-24-13/h1-10H,(H2,17,20,21,23). The topological polar surface area (TPSA) is 84.2 Å². The molecule has 0 saturated carbocycles. The van der Waals surface area contributed by atoms with Crippen LogP contribution in [0, 0.1) is 0 Å². The van der Waals surface area contributed by atoms with Crippen molar-refractivity contribution >= 4 is 34.8 Å². The normalized spacial score (nSPS) is 10.7. The summed E-state index contributed by atoms with van der Waals surface area (Å²) in [6.07, 6.45) is 1.77. The minimum Gasteiger partial charge on any atom is -0.308 e. The van der Waals surface area contributed by atoms with Crippen LogP contribution < -0.4 is 10.6 Å². The molecule has 8 heteroatoms. The van der Waals surface area contributed by atoms with Crippen LogP contribution in [0.15, 0.2) is 60.1 Å². The fourth-order valence-corrected chi connectivity index (χ4v) is 2.87. The molecule has 7 nitrogen and oxygen atoms in total. The average Bonchev–Trinajstić information content (AvgIpc) is 3.24. The van der Waals surface area contributed by atoms with E-state index < -0.39 is 6.03 Å². The lowest BCUT2D eigenvalue weighted by atomic mass is 10.3. The molecule has 0 aliphatic carbocycles. The summed E-state index contributed by atoms with van der Waals surface area (Å²) in [6, 6.07) is 14.6. The highest BCUT2D eigenvalue weighted by molar-refractivity contribution is 7.13. The van der Waals surface area contributed by atoms with E-state index in [9.17, 15) is 4.79 Å². The first-order valence-corrected chi connectivity index (χ1v) is 8.06. The second kappa shape index (κ2) is 6.09. The molecule has 4 rings (SSSR count). The molecule has 0 aliphatic heterocycles. The minimum absolute atomic E-state index is 0.194. The van der Waals surface area contributed by atoms with Gasteiger partial charge in [-0.2, -0.15) is 4.98 Å². The highest BCUT2D eigenvalue weighted by Crippen LogP contribution is 2.22. The van der Waals surface area contributed by atoms with E-state index in [-0.39, 0.29) is 5.95 Å². The van der Waals surface area contributed by atoms with Gasteiger partial charge in [-0.25, -0.2) is 14.3 Å². The molecule has 0 fully saturated rings. The van der Waals surface area contributed by atoms with E-state index in [2.05, 4.69) is 25.7 Å². The Hall–Kier alpha value is -3.26. The van der Waals surface area contributed by atoms with Crippen LogP contribution in [0.3, 0.4) is 0 Å². The summed E-state index contributed by atoms with van der Waals surface area (Å²) in [5, 5.41) is 11.5. The Morgan fingerprint density at radius 1 is 1.00 bits per heavy atom. The molecule has 0 bridgehead atoms. The molecule has 4 aromatic rings. The number of nitrogens with zero attached hydrogens (tertiary/aromatic N) is 4. The molecule has 0 saturated heterocycles. The van der Waals surface area contributed by atoms with Crippen molar-refractivity contribution in [3.63, 3.8) is 0 Å². The number of para-hydroxylation sites is 1. The summed E-state index contributed by atoms with van der Waals surface area (Å²) < 4.78 is 1.52. The van der Waals surface area contributed by atoms with Crippen molar-refractivity contribution in [1.82, 2.24) is 19.6 Å². The molecule has 118 valence electrons. The molecule has 2 amide bonds. The first-order chi connectivity index (χ1) is 11.8. The number of hydrogen-bond donors (Lipinski definition) is 2. The third kappa shape index (κ3) is 2.95. The summed E-state index contributed by atoms with van der Waals surface area (Å²) in [5.41, 5.74) is 1.52. The third-order valence-corrected chi connectivity index (χ3v) is 4.13. The summed E-state index contributed by atoms with van der Waals surface area (Å²) in [5.74, 6) is 0.621. The number of aromatic nitrogens is 4. The Morgan fingerprint density at radius 2 is 1.88 bits per heavy atom. The quantitative estimate of drug-likeness (QED) is 0.600. The number of urea groups is 1. The Kier molecular flexibility index (Phi) is 3.64. The molecule has 2 N–H and O–H groups in total. The zero-order valence-electron chi connectivity index (χ0n) is 12.4. The number of nitrogens with one attached hydrogen (secondary N) is 2. The summed E-state index contributed by atoms with van der Waals surface area (Å²) in [7, 11) is 0. The molecule has 0 spiro atoms. The van der Waals surface area contributed by atoms with Crippen LogP contribution >= 0.6 is 11.3 Å². The molecule has 1 aromatic carbocycles. The predicted molar refractivity (Wildman–Crippen MR) is 93.2 cm³/mol. The largest absolute Gasteiger partial charge is 0.326 e. The second-order valence-electron chi connectivity index (χ2n) is 4.92. The Morgan fingerprint density at radius 3 is 2.67 bits per heavy atom. The monoisotopic (exact) mass is 336 g/mol. The highest BCUT2D eigenvalue weighted by Gasteiger charge is 2.10. The average molecular weight is 336 g/mol.